The molecule has 2 nitrogen and oxygen atoms in total. The number of aromatic nitrogens is 1. The molecule has 0 amide bonds. The van der Waals surface area contributed by atoms with Gasteiger partial charge in [-0.15, -0.1) is 7.92 Å². The molecule has 0 bridgehead atoms. The van der Waals surface area contributed by atoms with Gasteiger partial charge in [0, 0.05) is 12.7 Å². The van der Waals surface area contributed by atoms with Crippen LogP contribution in [0.3, 0.4) is 0 Å². The van der Waals surface area contributed by atoms with Gasteiger partial charge in [-0.2, -0.15) is 0 Å². The molecule has 3 heteroatoms. The number of hydrogen-bond donors (Lipinski definition) is 1. The van der Waals surface area contributed by atoms with Crippen LogP contribution in [0.25, 0.3) is 0 Å². The van der Waals surface area contributed by atoms with Gasteiger partial charge in [0.1, 0.15) is 0 Å². The highest BCUT2D eigenvalue weighted by Crippen LogP contribution is 2.38. The summed E-state index contributed by atoms with van der Waals surface area (Å²) in [5.74, 6) is 1.67. The summed E-state index contributed by atoms with van der Waals surface area (Å²) in [6.07, 6.45) is 6.04. The lowest BCUT2D eigenvalue weighted by Crippen LogP contribution is -2.19. The van der Waals surface area contributed by atoms with Crippen LogP contribution in [0, 0.1) is 11.8 Å². The third-order valence-corrected chi connectivity index (χ3v) is 6.23. The normalized spacial score (nSPS) is 11.7. The monoisotopic (exact) mass is 280 g/mol. The van der Waals surface area contributed by atoms with Crippen LogP contribution < -0.4 is 5.32 Å². The van der Waals surface area contributed by atoms with Gasteiger partial charge in [-0.3, -0.25) is 4.98 Å². The van der Waals surface area contributed by atoms with E-state index in [1.807, 2.05) is 12.3 Å². The quantitative estimate of drug-likeness (QED) is 0.547. The molecule has 0 saturated heterocycles. The van der Waals surface area contributed by atoms with Crippen LogP contribution in [0.1, 0.15) is 33.4 Å². The van der Waals surface area contributed by atoms with Crippen molar-refractivity contribution < 1.29 is 0 Å². The Bertz CT molecular complexity index is 315. The summed E-state index contributed by atoms with van der Waals surface area (Å²) in [6.45, 7) is 11.4. The topological polar surface area (TPSA) is 24.9 Å². The van der Waals surface area contributed by atoms with Crippen molar-refractivity contribution in [3.63, 3.8) is 0 Å². The van der Waals surface area contributed by atoms with E-state index in [-0.39, 0.29) is 7.92 Å². The van der Waals surface area contributed by atoms with Crippen LogP contribution in [-0.4, -0.2) is 30.0 Å². The maximum atomic E-state index is 4.33. The molecule has 1 rings (SSSR count). The average Bonchev–Trinajstić information content (AvgIpc) is 2.34. The Morgan fingerprint density at radius 1 is 1.11 bits per heavy atom. The second-order valence-corrected chi connectivity index (χ2v) is 8.56. The molecule has 1 aromatic rings. The minimum Gasteiger partial charge on any atom is -0.311 e. The maximum absolute atomic E-state index is 4.33. The Labute approximate surface area is 120 Å². The smallest absolute Gasteiger partial charge is 0.0541 e. The van der Waals surface area contributed by atoms with Crippen molar-refractivity contribution in [3.05, 3.63) is 30.1 Å². The number of rotatable bonds is 9. The van der Waals surface area contributed by atoms with E-state index in [1.54, 1.807) is 0 Å². The van der Waals surface area contributed by atoms with Crippen LogP contribution in [0.2, 0.25) is 0 Å². The Kier molecular flexibility index (Phi) is 8.25. The highest BCUT2D eigenvalue weighted by molar-refractivity contribution is 7.57. The average molecular weight is 280 g/mol. The predicted octanol–water partition coefficient (Wildman–Crippen LogP) is 3.97. The zero-order valence-electron chi connectivity index (χ0n) is 12.9. The zero-order valence-corrected chi connectivity index (χ0v) is 13.8. The molecule has 0 aliphatic rings. The van der Waals surface area contributed by atoms with Gasteiger partial charge in [-0.25, -0.2) is 0 Å². The molecule has 19 heavy (non-hydrogen) atoms. The standard InChI is InChI=1S/C16H29N2P/c1-14(2)12-19(13-15(3)4)10-9-17-11-16-7-5-6-8-18-16/h5-8,14-15,17H,9-13H2,1-4H3. The van der Waals surface area contributed by atoms with Gasteiger partial charge < -0.3 is 5.32 Å². The van der Waals surface area contributed by atoms with E-state index < -0.39 is 0 Å². The van der Waals surface area contributed by atoms with E-state index in [0.717, 1.165) is 30.6 Å². The summed E-state index contributed by atoms with van der Waals surface area (Å²) < 4.78 is 0. The summed E-state index contributed by atoms with van der Waals surface area (Å²) in [5.41, 5.74) is 1.14. The fourth-order valence-electron chi connectivity index (χ4n) is 2.25. The molecule has 0 unspecified atom stereocenters. The van der Waals surface area contributed by atoms with Crippen LogP contribution >= 0.6 is 7.92 Å². The summed E-state index contributed by atoms with van der Waals surface area (Å²) in [4.78, 5) is 4.33. The Balaban J connectivity index is 2.23. The molecule has 108 valence electrons. The maximum Gasteiger partial charge on any atom is 0.0541 e. The van der Waals surface area contributed by atoms with E-state index in [1.165, 1.54) is 18.5 Å². The van der Waals surface area contributed by atoms with Crippen molar-refractivity contribution in [3.8, 4) is 0 Å². The van der Waals surface area contributed by atoms with Crippen LogP contribution in [0.15, 0.2) is 24.4 Å². The Morgan fingerprint density at radius 3 is 2.32 bits per heavy atom. The zero-order chi connectivity index (χ0) is 14.1. The third kappa shape index (κ3) is 8.34. The SMILES string of the molecule is CC(C)CP(CCNCc1ccccn1)CC(C)C. The first-order valence-electron chi connectivity index (χ1n) is 7.41. The van der Waals surface area contributed by atoms with E-state index in [2.05, 4.69) is 50.1 Å². The number of nitrogens with one attached hydrogen (secondary N) is 1. The largest absolute Gasteiger partial charge is 0.311 e. The molecular formula is C16H29N2P. The fourth-order valence-corrected chi connectivity index (χ4v) is 5.30. The molecule has 0 saturated carbocycles. The van der Waals surface area contributed by atoms with Gasteiger partial charge in [-0.1, -0.05) is 33.8 Å². The molecule has 0 atom stereocenters. The van der Waals surface area contributed by atoms with E-state index in [4.69, 9.17) is 0 Å². The minimum absolute atomic E-state index is 0.197. The molecule has 0 radical (unpaired) electrons. The van der Waals surface area contributed by atoms with Crippen molar-refractivity contribution in [1.29, 1.82) is 0 Å². The minimum atomic E-state index is 0.197. The molecule has 0 aromatic carbocycles. The summed E-state index contributed by atoms with van der Waals surface area (Å²) in [7, 11) is 0.197. The first-order chi connectivity index (χ1) is 9.08. The van der Waals surface area contributed by atoms with E-state index in [9.17, 15) is 0 Å². The lowest BCUT2D eigenvalue weighted by molar-refractivity contribution is 0.695. The molecule has 0 aliphatic carbocycles. The van der Waals surface area contributed by atoms with Crippen molar-refractivity contribution >= 4 is 7.92 Å². The van der Waals surface area contributed by atoms with Crippen LogP contribution in [-0.2, 0) is 6.54 Å². The lowest BCUT2D eigenvalue weighted by atomic mass is 10.3. The van der Waals surface area contributed by atoms with Crippen LogP contribution in [0.5, 0.6) is 0 Å². The third-order valence-electron chi connectivity index (χ3n) is 2.88. The van der Waals surface area contributed by atoms with E-state index in [0.29, 0.717) is 0 Å². The first kappa shape index (κ1) is 16.6. The first-order valence-corrected chi connectivity index (χ1v) is 9.30. The summed E-state index contributed by atoms with van der Waals surface area (Å²) >= 11 is 0. The van der Waals surface area contributed by atoms with Crippen molar-refractivity contribution in [2.75, 3.05) is 25.0 Å². The van der Waals surface area contributed by atoms with Crippen molar-refractivity contribution in [2.45, 2.75) is 34.2 Å². The molecule has 0 fully saturated rings. The molecule has 0 aliphatic heterocycles. The van der Waals surface area contributed by atoms with Gasteiger partial charge in [0.2, 0.25) is 0 Å². The molecular weight excluding hydrogens is 251 g/mol. The molecule has 1 N–H and O–H groups in total. The van der Waals surface area contributed by atoms with Gasteiger partial charge in [0.05, 0.1) is 5.69 Å². The second-order valence-electron chi connectivity index (χ2n) is 6.05. The number of pyridine rings is 1. The second kappa shape index (κ2) is 9.44. The summed E-state index contributed by atoms with van der Waals surface area (Å²) in [5, 5.41) is 3.53. The van der Waals surface area contributed by atoms with Gasteiger partial charge >= 0.3 is 0 Å². The van der Waals surface area contributed by atoms with E-state index >= 15 is 0 Å². The highest BCUT2D eigenvalue weighted by atomic mass is 31.1. The van der Waals surface area contributed by atoms with Crippen molar-refractivity contribution in [1.82, 2.24) is 10.3 Å². The van der Waals surface area contributed by atoms with Gasteiger partial charge in [0.15, 0.2) is 0 Å². The van der Waals surface area contributed by atoms with Gasteiger partial charge in [0.25, 0.3) is 0 Å². The lowest BCUT2D eigenvalue weighted by Gasteiger charge is -2.22. The number of nitrogens with zero attached hydrogens (tertiary/aromatic N) is 1. The van der Waals surface area contributed by atoms with Crippen molar-refractivity contribution in [2.24, 2.45) is 11.8 Å². The highest BCUT2D eigenvalue weighted by Gasteiger charge is 2.11. The Morgan fingerprint density at radius 2 is 1.79 bits per heavy atom. The summed E-state index contributed by atoms with van der Waals surface area (Å²) in [6, 6.07) is 6.10. The van der Waals surface area contributed by atoms with Gasteiger partial charge in [-0.05, 0) is 49.0 Å². The van der Waals surface area contributed by atoms with Crippen LogP contribution in [0.4, 0.5) is 0 Å². The Hall–Kier alpha value is -0.460. The molecule has 1 heterocycles. The fraction of sp³-hybridized carbons (Fsp3) is 0.688. The molecule has 0 spiro atoms. The molecule has 1 aromatic heterocycles. The predicted molar refractivity (Wildman–Crippen MR) is 87.1 cm³/mol. The number of hydrogen-bond acceptors (Lipinski definition) is 2.